The maximum atomic E-state index is 12.2. The molecule has 0 saturated carbocycles. The monoisotopic (exact) mass is 338 g/mol. The molecule has 3 rings (SSSR count). The number of carbonyl (C=O) groups is 1. The average Bonchev–Trinajstić information content (AvgIpc) is 2.61. The first-order valence-electron chi connectivity index (χ1n) is 8.97. The zero-order valence-corrected chi connectivity index (χ0v) is 15.3. The van der Waals surface area contributed by atoms with E-state index < -0.39 is 0 Å². The Morgan fingerprint density at radius 3 is 2.40 bits per heavy atom. The molecular formula is C20H26N4O. The topological polar surface area (TPSA) is 49.3 Å². The highest BCUT2D eigenvalue weighted by Gasteiger charge is 2.22. The van der Waals surface area contributed by atoms with Gasteiger partial charge in [0.2, 0.25) is 5.91 Å². The fraction of sp³-hybridized carbons (Fsp3) is 0.450. The Balaban J connectivity index is 1.71. The van der Waals surface area contributed by atoms with Crippen LogP contribution in [0.25, 0.3) is 11.3 Å². The Hall–Kier alpha value is -2.43. The molecule has 0 aliphatic carbocycles. The van der Waals surface area contributed by atoms with Crippen LogP contribution in [0.3, 0.4) is 0 Å². The highest BCUT2D eigenvalue weighted by Crippen LogP contribution is 2.22. The molecule has 1 aliphatic rings. The van der Waals surface area contributed by atoms with Crippen molar-refractivity contribution in [2.24, 2.45) is 5.92 Å². The van der Waals surface area contributed by atoms with Gasteiger partial charge in [-0.2, -0.15) is 0 Å². The molecule has 1 aromatic heterocycles. The van der Waals surface area contributed by atoms with Gasteiger partial charge in [0.25, 0.3) is 0 Å². The van der Waals surface area contributed by atoms with Crippen molar-refractivity contribution in [3.63, 3.8) is 0 Å². The molecule has 1 aromatic carbocycles. The Bertz CT molecular complexity index is 722. The molecule has 0 N–H and O–H groups in total. The summed E-state index contributed by atoms with van der Waals surface area (Å²) < 4.78 is 0. The highest BCUT2D eigenvalue weighted by molar-refractivity contribution is 5.76. The second-order valence-electron chi connectivity index (χ2n) is 6.99. The summed E-state index contributed by atoms with van der Waals surface area (Å²) in [5.41, 5.74) is 2.04. The predicted molar refractivity (Wildman–Crippen MR) is 100 cm³/mol. The molecule has 25 heavy (non-hydrogen) atoms. The molecule has 0 radical (unpaired) electrons. The molecule has 1 fully saturated rings. The summed E-state index contributed by atoms with van der Waals surface area (Å²) in [6.07, 6.45) is 0.630. The third-order valence-electron chi connectivity index (χ3n) is 4.43. The van der Waals surface area contributed by atoms with Gasteiger partial charge in [-0.1, -0.05) is 44.2 Å². The van der Waals surface area contributed by atoms with Gasteiger partial charge < -0.3 is 9.80 Å². The number of rotatable bonds is 4. The summed E-state index contributed by atoms with van der Waals surface area (Å²) in [4.78, 5) is 25.6. The molecule has 0 atom stereocenters. The Morgan fingerprint density at radius 2 is 1.76 bits per heavy atom. The van der Waals surface area contributed by atoms with Crippen molar-refractivity contribution in [1.29, 1.82) is 0 Å². The molecule has 2 aromatic rings. The van der Waals surface area contributed by atoms with Crippen LogP contribution in [0.1, 0.15) is 26.1 Å². The van der Waals surface area contributed by atoms with E-state index in [1.165, 1.54) is 0 Å². The fourth-order valence-electron chi connectivity index (χ4n) is 3.13. The highest BCUT2D eigenvalue weighted by atomic mass is 16.2. The van der Waals surface area contributed by atoms with Gasteiger partial charge in [0, 0.05) is 44.2 Å². The summed E-state index contributed by atoms with van der Waals surface area (Å²) >= 11 is 0. The number of benzene rings is 1. The van der Waals surface area contributed by atoms with Gasteiger partial charge >= 0.3 is 0 Å². The summed E-state index contributed by atoms with van der Waals surface area (Å²) in [6.45, 7) is 9.25. The zero-order chi connectivity index (χ0) is 17.8. The van der Waals surface area contributed by atoms with E-state index in [1.807, 2.05) is 36.1 Å². The van der Waals surface area contributed by atoms with Crippen LogP contribution in [-0.2, 0) is 4.79 Å². The van der Waals surface area contributed by atoms with Gasteiger partial charge in [0.15, 0.2) is 0 Å². The lowest BCUT2D eigenvalue weighted by Crippen LogP contribution is -2.49. The maximum Gasteiger partial charge on any atom is 0.222 e. The number of nitrogens with zero attached hydrogens (tertiary/aromatic N) is 4. The molecular weight excluding hydrogens is 312 g/mol. The van der Waals surface area contributed by atoms with Crippen molar-refractivity contribution in [1.82, 2.24) is 14.9 Å². The largest absolute Gasteiger partial charge is 0.353 e. The lowest BCUT2D eigenvalue weighted by molar-refractivity contribution is -0.132. The fourth-order valence-corrected chi connectivity index (χ4v) is 3.13. The summed E-state index contributed by atoms with van der Waals surface area (Å²) in [5, 5.41) is 0. The van der Waals surface area contributed by atoms with Crippen molar-refractivity contribution in [2.75, 3.05) is 31.1 Å². The molecule has 2 heterocycles. The number of anilines is 1. The quantitative estimate of drug-likeness (QED) is 0.859. The normalized spacial score (nSPS) is 14.9. The summed E-state index contributed by atoms with van der Waals surface area (Å²) in [5.74, 6) is 2.39. The summed E-state index contributed by atoms with van der Waals surface area (Å²) in [7, 11) is 0. The number of piperazine rings is 1. The van der Waals surface area contributed by atoms with Crippen LogP contribution in [0.15, 0.2) is 36.4 Å². The van der Waals surface area contributed by atoms with E-state index in [0.29, 0.717) is 12.3 Å². The molecule has 0 unspecified atom stereocenters. The minimum atomic E-state index is 0.262. The molecule has 1 amide bonds. The minimum Gasteiger partial charge on any atom is -0.353 e. The second-order valence-corrected chi connectivity index (χ2v) is 6.99. The van der Waals surface area contributed by atoms with Crippen molar-refractivity contribution >= 4 is 11.7 Å². The van der Waals surface area contributed by atoms with E-state index in [9.17, 15) is 4.79 Å². The number of amides is 1. The van der Waals surface area contributed by atoms with Gasteiger partial charge in [0.05, 0.1) is 5.69 Å². The van der Waals surface area contributed by atoms with Crippen LogP contribution >= 0.6 is 0 Å². The lowest BCUT2D eigenvalue weighted by Gasteiger charge is -2.36. The van der Waals surface area contributed by atoms with Crippen LogP contribution in [0.4, 0.5) is 5.82 Å². The van der Waals surface area contributed by atoms with Gasteiger partial charge in [-0.3, -0.25) is 4.79 Å². The SMILES string of the molecule is Cc1nc(-c2ccccc2)cc(N2CCN(C(=O)CC(C)C)CC2)n1. The molecule has 132 valence electrons. The van der Waals surface area contributed by atoms with Crippen LogP contribution < -0.4 is 4.90 Å². The van der Waals surface area contributed by atoms with Gasteiger partial charge in [-0.25, -0.2) is 9.97 Å². The third kappa shape index (κ3) is 4.35. The number of hydrogen-bond acceptors (Lipinski definition) is 4. The van der Waals surface area contributed by atoms with E-state index in [4.69, 9.17) is 0 Å². The van der Waals surface area contributed by atoms with Crippen molar-refractivity contribution in [3.05, 3.63) is 42.2 Å². The maximum absolute atomic E-state index is 12.2. The first-order valence-corrected chi connectivity index (χ1v) is 8.97. The van der Waals surface area contributed by atoms with E-state index in [1.54, 1.807) is 0 Å². The standard InChI is InChI=1S/C20H26N4O/c1-15(2)13-20(25)24-11-9-23(10-12-24)19-14-18(21-16(3)22-19)17-7-5-4-6-8-17/h4-8,14-15H,9-13H2,1-3H3. The molecule has 1 aliphatic heterocycles. The average molecular weight is 338 g/mol. The number of aromatic nitrogens is 2. The van der Waals surface area contributed by atoms with E-state index >= 15 is 0 Å². The van der Waals surface area contributed by atoms with Crippen LogP contribution in [0.5, 0.6) is 0 Å². The van der Waals surface area contributed by atoms with Crippen LogP contribution in [-0.4, -0.2) is 47.0 Å². The van der Waals surface area contributed by atoms with E-state index in [2.05, 4.69) is 40.8 Å². The number of aryl methyl sites for hydroxylation is 1. The Morgan fingerprint density at radius 1 is 1.08 bits per heavy atom. The third-order valence-corrected chi connectivity index (χ3v) is 4.43. The van der Waals surface area contributed by atoms with Crippen molar-refractivity contribution < 1.29 is 4.79 Å². The lowest BCUT2D eigenvalue weighted by atomic mass is 10.1. The van der Waals surface area contributed by atoms with E-state index in [0.717, 1.165) is 49.1 Å². The first kappa shape index (κ1) is 17.4. The second kappa shape index (κ2) is 7.64. The van der Waals surface area contributed by atoms with Crippen LogP contribution in [0, 0.1) is 12.8 Å². The number of hydrogen-bond donors (Lipinski definition) is 0. The van der Waals surface area contributed by atoms with Gasteiger partial charge in [-0.05, 0) is 12.8 Å². The molecule has 0 spiro atoms. The molecule has 0 bridgehead atoms. The Kier molecular flexibility index (Phi) is 5.31. The zero-order valence-electron chi connectivity index (χ0n) is 15.3. The van der Waals surface area contributed by atoms with Crippen molar-refractivity contribution in [2.45, 2.75) is 27.2 Å². The number of carbonyl (C=O) groups excluding carboxylic acids is 1. The van der Waals surface area contributed by atoms with E-state index in [-0.39, 0.29) is 5.91 Å². The minimum absolute atomic E-state index is 0.262. The predicted octanol–water partition coefficient (Wildman–Crippen LogP) is 3.15. The molecule has 1 saturated heterocycles. The first-order chi connectivity index (χ1) is 12.0. The molecule has 5 heteroatoms. The van der Waals surface area contributed by atoms with Gasteiger partial charge in [0.1, 0.15) is 11.6 Å². The Labute approximate surface area is 149 Å². The smallest absolute Gasteiger partial charge is 0.222 e. The van der Waals surface area contributed by atoms with Crippen LogP contribution in [0.2, 0.25) is 0 Å². The van der Waals surface area contributed by atoms with Crippen molar-refractivity contribution in [3.8, 4) is 11.3 Å². The van der Waals surface area contributed by atoms with Gasteiger partial charge in [-0.15, -0.1) is 0 Å². The molecule has 5 nitrogen and oxygen atoms in total. The summed E-state index contributed by atoms with van der Waals surface area (Å²) in [6, 6.07) is 12.2.